The quantitative estimate of drug-likeness (QED) is 0.216. The molecular formula is C32H28F8. The van der Waals surface area contributed by atoms with Gasteiger partial charge in [0.1, 0.15) is 11.6 Å². The van der Waals surface area contributed by atoms with Crippen molar-refractivity contribution in [3.05, 3.63) is 142 Å². The van der Waals surface area contributed by atoms with Gasteiger partial charge in [-0.2, -0.15) is 26.3 Å². The largest absolute Gasteiger partial charge is 0.411 e. The Kier molecular flexibility index (Phi) is 8.82. The fourth-order valence-electron chi connectivity index (χ4n) is 4.52. The smallest absolute Gasteiger partial charge is 0.207 e. The number of rotatable bonds is 4. The summed E-state index contributed by atoms with van der Waals surface area (Å²) in [6.45, 7) is 7.84. The fraction of sp³-hybridized carbons (Fsp3) is 0.250. The molecular weight excluding hydrogens is 536 g/mol. The van der Waals surface area contributed by atoms with Gasteiger partial charge in [0.25, 0.3) is 0 Å². The van der Waals surface area contributed by atoms with E-state index in [1.54, 1.807) is 12.1 Å². The Labute approximate surface area is 228 Å². The van der Waals surface area contributed by atoms with E-state index >= 15 is 0 Å². The van der Waals surface area contributed by atoms with E-state index in [-0.39, 0.29) is 17.3 Å². The molecule has 0 saturated heterocycles. The summed E-state index contributed by atoms with van der Waals surface area (Å²) < 4.78 is 108. The standard InChI is InChI=1S/C16H11F7.C16H17F/c1-10-5-7-11(8-6-10)14(15(18,19)20,16(21,22)23)12-3-2-4-13(17)9-12;1-12-7-9-13(10-8-12)16(2,3)14-5-4-6-15(17)11-14/h2-9H,1H3;4-11H,1-3H3. The first kappa shape index (κ1) is 30.9. The van der Waals surface area contributed by atoms with Crippen LogP contribution in [0.2, 0.25) is 0 Å². The van der Waals surface area contributed by atoms with E-state index in [2.05, 4.69) is 45.0 Å². The SMILES string of the molecule is Cc1ccc(C(C)(C)c2cccc(F)c2)cc1.Cc1ccc(C(c2cccc(F)c2)(C(F)(F)F)C(F)(F)F)cc1. The molecule has 0 unspecified atom stereocenters. The van der Waals surface area contributed by atoms with Crippen LogP contribution in [0.4, 0.5) is 35.1 Å². The number of benzene rings is 4. The number of aryl methyl sites for hydroxylation is 2. The minimum Gasteiger partial charge on any atom is -0.207 e. The highest BCUT2D eigenvalue weighted by Crippen LogP contribution is 2.56. The van der Waals surface area contributed by atoms with Gasteiger partial charge < -0.3 is 0 Å². The Hall–Kier alpha value is -3.68. The van der Waals surface area contributed by atoms with Gasteiger partial charge in [0.2, 0.25) is 5.41 Å². The lowest BCUT2D eigenvalue weighted by Crippen LogP contribution is -2.54. The van der Waals surface area contributed by atoms with Gasteiger partial charge in [0.05, 0.1) is 0 Å². The molecule has 0 atom stereocenters. The highest BCUT2D eigenvalue weighted by molar-refractivity contribution is 5.45. The van der Waals surface area contributed by atoms with Crippen LogP contribution in [0.3, 0.4) is 0 Å². The Balaban J connectivity index is 0.000000230. The average molecular weight is 565 g/mol. The number of alkyl halides is 6. The molecule has 0 bridgehead atoms. The predicted molar refractivity (Wildman–Crippen MR) is 140 cm³/mol. The molecule has 40 heavy (non-hydrogen) atoms. The molecule has 0 heterocycles. The third kappa shape index (κ3) is 6.21. The van der Waals surface area contributed by atoms with Crippen molar-refractivity contribution in [2.24, 2.45) is 0 Å². The summed E-state index contributed by atoms with van der Waals surface area (Å²) in [6.07, 6.45) is -11.4. The molecule has 8 heteroatoms. The lowest BCUT2D eigenvalue weighted by Gasteiger charge is -2.38. The van der Waals surface area contributed by atoms with E-state index in [1.165, 1.54) is 24.1 Å². The van der Waals surface area contributed by atoms with Crippen LogP contribution >= 0.6 is 0 Å². The molecule has 0 saturated carbocycles. The number of halogens is 8. The molecule has 0 radical (unpaired) electrons. The van der Waals surface area contributed by atoms with E-state index in [4.69, 9.17) is 0 Å². The van der Waals surface area contributed by atoms with Crippen LogP contribution in [-0.4, -0.2) is 12.4 Å². The first-order valence-electron chi connectivity index (χ1n) is 12.3. The van der Waals surface area contributed by atoms with Crippen LogP contribution in [0.25, 0.3) is 0 Å². The van der Waals surface area contributed by atoms with E-state index in [1.807, 2.05) is 6.07 Å². The van der Waals surface area contributed by atoms with Crippen LogP contribution in [0.15, 0.2) is 97.1 Å². The molecule has 4 rings (SSSR count). The van der Waals surface area contributed by atoms with Crippen molar-refractivity contribution >= 4 is 0 Å². The zero-order valence-electron chi connectivity index (χ0n) is 22.3. The predicted octanol–water partition coefficient (Wildman–Crippen LogP) is 10.0. The lowest BCUT2D eigenvalue weighted by atomic mass is 9.72. The summed E-state index contributed by atoms with van der Waals surface area (Å²) in [5.74, 6) is -1.35. The second-order valence-corrected chi connectivity index (χ2v) is 10.1. The summed E-state index contributed by atoms with van der Waals surface area (Å²) >= 11 is 0. The third-order valence-electron chi connectivity index (χ3n) is 6.91. The van der Waals surface area contributed by atoms with Gasteiger partial charge in [-0.1, -0.05) is 97.8 Å². The van der Waals surface area contributed by atoms with E-state index in [9.17, 15) is 35.1 Å². The number of hydrogen-bond donors (Lipinski definition) is 0. The van der Waals surface area contributed by atoms with E-state index < -0.39 is 34.7 Å². The van der Waals surface area contributed by atoms with Gasteiger partial charge in [0.15, 0.2) is 0 Å². The van der Waals surface area contributed by atoms with Crippen LogP contribution in [0.5, 0.6) is 0 Å². The highest BCUT2D eigenvalue weighted by Gasteiger charge is 2.72. The maximum absolute atomic E-state index is 13.6. The second-order valence-electron chi connectivity index (χ2n) is 10.1. The fourth-order valence-corrected chi connectivity index (χ4v) is 4.52. The van der Waals surface area contributed by atoms with Crippen LogP contribution in [-0.2, 0) is 10.8 Å². The maximum atomic E-state index is 13.6. The minimum atomic E-state index is -5.70. The van der Waals surface area contributed by atoms with E-state index in [0.717, 1.165) is 42.0 Å². The van der Waals surface area contributed by atoms with Gasteiger partial charge in [0, 0.05) is 5.41 Å². The Morgan fingerprint density at radius 3 is 1.23 bits per heavy atom. The molecule has 4 aromatic carbocycles. The van der Waals surface area contributed by atoms with Crippen LogP contribution in [0.1, 0.15) is 47.2 Å². The number of hydrogen-bond acceptors (Lipinski definition) is 0. The molecule has 4 aromatic rings. The lowest BCUT2D eigenvalue weighted by molar-refractivity contribution is -0.288. The van der Waals surface area contributed by atoms with Crippen molar-refractivity contribution in [2.45, 2.75) is 50.9 Å². The van der Waals surface area contributed by atoms with Crippen molar-refractivity contribution < 1.29 is 35.1 Å². The van der Waals surface area contributed by atoms with Crippen molar-refractivity contribution in [1.29, 1.82) is 0 Å². The molecule has 0 nitrogen and oxygen atoms in total. The Bertz CT molecular complexity index is 1400. The van der Waals surface area contributed by atoms with Crippen LogP contribution in [0, 0.1) is 25.5 Å². The topological polar surface area (TPSA) is 0 Å². The highest BCUT2D eigenvalue weighted by atomic mass is 19.4. The summed E-state index contributed by atoms with van der Waals surface area (Å²) in [5, 5.41) is 0. The Morgan fingerprint density at radius 1 is 0.450 bits per heavy atom. The monoisotopic (exact) mass is 564 g/mol. The molecule has 0 aromatic heterocycles. The van der Waals surface area contributed by atoms with Gasteiger partial charge >= 0.3 is 12.4 Å². The van der Waals surface area contributed by atoms with E-state index in [0.29, 0.717) is 11.6 Å². The molecule has 0 aliphatic carbocycles. The average Bonchev–Trinajstić information content (AvgIpc) is 2.85. The summed E-state index contributed by atoms with van der Waals surface area (Å²) in [6, 6.07) is 21.6. The summed E-state index contributed by atoms with van der Waals surface area (Å²) in [7, 11) is 0. The zero-order valence-corrected chi connectivity index (χ0v) is 22.3. The van der Waals surface area contributed by atoms with Gasteiger partial charge in [-0.05, 0) is 60.4 Å². The Morgan fingerprint density at radius 2 is 0.825 bits per heavy atom. The molecule has 0 spiro atoms. The molecule has 0 N–H and O–H groups in total. The zero-order chi connectivity index (χ0) is 29.9. The van der Waals surface area contributed by atoms with Gasteiger partial charge in [-0.3, -0.25) is 0 Å². The van der Waals surface area contributed by atoms with Crippen molar-refractivity contribution in [1.82, 2.24) is 0 Å². The van der Waals surface area contributed by atoms with Crippen molar-refractivity contribution in [3.8, 4) is 0 Å². The third-order valence-corrected chi connectivity index (χ3v) is 6.91. The van der Waals surface area contributed by atoms with Crippen molar-refractivity contribution in [3.63, 3.8) is 0 Å². The first-order valence-corrected chi connectivity index (χ1v) is 12.3. The summed E-state index contributed by atoms with van der Waals surface area (Å²) in [5.41, 5.74) is -2.73. The molecule has 212 valence electrons. The van der Waals surface area contributed by atoms with Crippen LogP contribution < -0.4 is 0 Å². The maximum Gasteiger partial charge on any atom is 0.411 e. The summed E-state index contributed by atoms with van der Waals surface area (Å²) in [4.78, 5) is 0. The molecule has 0 aliphatic rings. The normalized spacial score (nSPS) is 12.5. The molecule has 0 fully saturated rings. The molecule has 0 amide bonds. The first-order chi connectivity index (χ1) is 18.5. The molecule has 0 aliphatic heterocycles. The minimum absolute atomic E-state index is 0.171. The van der Waals surface area contributed by atoms with Gasteiger partial charge in [-0.15, -0.1) is 0 Å². The van der Waals surface area contributed by atoms with Crippen molar-refractivity contribution in [2.75, 3.05) is 0 Å². The van der Waals surface area contributed by atoms with Gasteiger partial charge in [-0.25, -0.2) is 8.78 Å². The second kappa shape index (κ2) is 11.4.